The van der Waals surface area contributed by atoms with Crippen LogP contribution in [0.25, 0.3) is 0 Å². The standard InChI is InChI=1S/C17H26N4O2/c1-11(2)18-17-19-12(3)14-10-21(7-4-15(14)20-17)16(22)13-5-8-23-9-6-13/h11,13H,4-10H2,1-3H3,(H,18,19,20). The first-order valence-corrected chi connectivity index (χ1v) is 8.54. The summed E-state index contributed by atoms with van der Waals surface area (Å²) in [5, 5.41) is 3.26. The molecule has 126 valence electrons. The van der Waals surface area contributed by atoms with Gasteiger partial charge in [0.05, 0.1) is 5.69 Å². The molecule has 23 heavy (non-hydrogen) atoms. The number of hydrogen-bond donors (Lipinski definition) is 1. The van der Waals surface area contributed by atoms with Gasteiger partial charge in [0.25, 0.3) is 0 Å². The summed E-state index contributed by atoms with van der Waals surface area (Å²) >= 11 is 0. The van der Waals surface area contributed by atoms with Crippen LogP contribution in [0.5, 0.6) is 0 Å². The van der Waals surface area contributed by atoms with Crippen molar-refractivity contribution in [2.45, 2.75) is 52.6 Å². The molecule has 0 atom stereocenters. The number of aryl methyl sites for hydroxylation is 1. The molecule has 0 bridgehead atoms. The minimum Gasteiger partial charge on any atom is -0.381 e. The Kier molecular flexibility index (Phi) is 4.80. The molecule has 1 amide bonds. The molecule has 2 aliphatic rings. The SMILES string of the molecule is Cc1nc(NC(C)C)nc2c1CN(C(=O)C1CCOCC1)CC2. The number of ether oxygens (including phenoxy) is 1. The van der Waals surface area contributed by atoms with E-state index < -0.39 is 0 Å². The van der Waals surface area contributed by atoms with E-state index in [1.54, 1.807) is 0 Å². The summed E-state index contributed by atoms with van der Waals surface area (Å²) in [6.45, 7) is 8.95. The minimum atomic E-state index is 0.119. The first-order chi connectivity index (χ1) is 11.0. The average molecular weight is 318 g/mol. The Morgan fingerprint density at radius 3 is 2.74 bits per heavy atom. The molecule has 1 aromatic heterocycles. The van der Waals surface area contributed by atoms with Crippen LogP contribution >= 0.6 is 0 Å². The Morgan fingerprint density at radius 2 is 2.04 bits per heavy atom. The van der Waals surface area contributed by atoms with Crippen LogP contribution in [0.2, 0.25) is 0 Å². The number of anilines is 1. The van der Waals surface area contributed by atoms with Gasteiger partial charge in [0.1, 0.15) is 0 Å². The van der Waals surface area contributed by atoms with Crippen molar-refractivity contribution in [2.24, 2.45) is 5.92 Å². The van der Waals surface area contributed by atoms with Crippen molar-refractivity contribution in [1.29, 1.82) is 0 Å². The highest BCUT2D eigenvalue weighted by atomic mass is 16.5. The normalized spacial score (nSPS) is 18.9. The smallest absolute Gasteiger partial charge is 0.226 e. The lowest BCUT2D eigenvalue weighted by molar-refractivity contribution is -0.139. The van der Waals surface area contributed by atoms with Crippen molar-refractivity contribution in [1.82, 2.24) is 14.9 Å². The van der Waals surface area contributed by atoms with Crippen molar-refractivity contribution in [3.05, 3.63) is 17.0 Å². The third-order valence-electron chi connectivity index (χ3n) is 4.57. The van der Waals surface area contributed by atoms with Crippen LogP contribution in [0.15, 0.2) is 0 Å². The molecular formula is C17H26N4O2. The largest absolute Gasteiger partial charge is 0.381 e. The summed E-state index contributed by atoms with van der Waals surface area (Å²) in [7, 11) is 0. The molecule has 3 rings (SSSR count). The third kappa shape index (κ3) is 3.63. The molecular weight excluding hydrogens is 292 g/mol. The molecule has 1 N–H and O–H groups in total. The Hall–Kier alpha value is -1.69. The number of carbonyl (C=O) groups excluding carboxylic acids is 1. The van der Waals surface area contributed by atoms with E-state index in [1.807, 2.05) is 11.8 Å². The van der Waals surface area contributed by atoms with E-state index in [0.717, 1.165) is 42.8 Å². The quantitative estimate of drug-likeness (QED) is 0.922. The Labute approximate surface area is 137 Å². The summed E-state index contributed by atoms with van der Waals surface area (Å²) in [5.74, 6) is 1.08. The fraction of sp³-hybridized carbons (Fsp3) is 0.706. The van der Waals surface area contributed by atoms with Crippen LogP contribution in [0.1, 0.15) is 43.6 Å². The maximum atomic E-state index is 12.7. The molecule has 2 aliphatic heterocycles. The molecule has 0 aromatic carbocycles. The van der Waals surface area contributed by atoms with Crippen LogP contribution < -0.4 is 5.32 Å². The van der Waals surface area contributed by atoms with E-state index in [-0.39, 0.29) is 11.8 Å². The van der Waals surface area contributed by atoms with Gasteiger partial charge in [-0.25, -0.2) is 9.97 Å². The molecule has 0 spiro atoms. The van der Waals surface area contributed by atoms with Crippen molar-refractivity contribution in [3.63, 3.8) is 0 Å². The summed E-state index contributed by atoms with van der Waals surface area (Å²) in [5.41, 5.74) is 3.17. The molecule has 1 fully saturated rings. The first-order valence-electron chi connectivity index (χ1n) is 8.54. The summed E-state index contributed by atoms with van der Waals surface area (Å²) < 4.78 is 5.36. The Balaban J connectivity index is 1.74. The maximum absolute atomic E-state index is 12.7. The number of aromatic nitrogens is 2. The predicted octanol–water partition coefficient (Wildman–Crippen LogP) is 1.92. The second-order valence-corrected chi connectivity index (χ2v) is 6.75. The van der Waals surface area contributed by atoms with Gasteiger partial charge in [-0.1, -0.05) is 0 Å². The Bertz CT molecular complexity index is 582. The average Bonchev–Trinajstić information content (AvgIpc) is 2.54. The van der Waals surface area contributed by atoms with Crippen LogP contribution in [0.3, 0.4) is 0 Å². The highest BCUT2D eigenvalue weighted by Gasteiger charge is 2.30. The Morgan fingerprint density at radius 1 is 1.30 bits per heavy atom. The van der Waals surface area contributed by atoms with E-state index in [0.29, 0.717) is 31.7 Å². The second kappa shape index (κ2) is 6.83. The zero-order chi connectivity index (χ0) is 16.4. The molecule has 3 heterocycles. The fourth-order valence-electron chi connectivity index (χ4n) is 3.29. The van der Waals surface area contributed by atoms with Gasteiger partial charge in [0.15, 0.2) is 0 Å². The molecule has 0 unspecified atom stereocenters. The maximum Gasteiger partial charge on any atom is 0.226 e. The van der Waals surface area contributed by atoms with Gasteiger partial charge in [-0.05, 0) is 33.6 Å². The van der Waals surface area contributed by atoms with Gasteiger partial charge in [0.2, 0.25) is 11.9 Å². The number of fused-ring (bicyclic) bond motifs is 1. The van der Waals surface area contributed by atoms with Gasteiger partial charge in [-0.2, -0.15) is 0 Å². The van der Waals surface area contributed by atoms with E-state index in [9.17, 15) is 4.79 Å². The van der Waals surface area contributed by atoms with Gasteiger partial charge in [0, 0.05) is 55.9 Å². The monoisotopic (exact) mass is 318 g/mol. The lowest BCUT2D eigenvalue weighted by atomic mass is 9.96. The summed E-state index contributed by atoms with van der Waals surface area (Å²) in [6, 6.07) is 0.308. The number of nitrogens with zero attached hydrogens (tertiary/aromatic N) is 3. The second-order valence-electron chi connectivity index (χ2n) is 6.75. The van der Waals surface area contributed by atoms with E-state index in [2.05, 4.69) is 29.1 Å². The summed E-state index contributed by atoms with van der Waals surface area (Å²) in [6.07, 6.45) is 2.49. The van der Waals surface area contributed by atoms with E-state index >= 15 is 0 Å². The van der Waals surface area contributed by atoms with Gasteiger partial charge in [-0.3, -0.25) is 4.79 Å². The molecule has 1 aromatic rings. The number of rotatable bonds is 3. The zero-order valence-corrected chi connectivity index (χ0v) is 14.3. The molecule has 1 saturated heterocycles. The number of carbonyl (C=O) groups is 1. The van der Waals surface area contributed by atoms with Crippen LogP contribution in [-0.4, -0.2) is 46.6 Å². The van der Waals surface area contributed by atoms with Gasteiger partial charge < -0.3 is 15.0 Å². The van der Waals surface area contributed by atoms with Gasteiger partial charge in [-0.15, -0.1) is 0 Å². The molecule has 6 nitrogen and oxygen atoms in total. The van der Waals surface area contributed by atoms with E-state index in [4.69, 9.17) is 4.74 Å². The van der Waals surface area contributed by atoms with Crippen molar-refractivity contribution < 1.29 is 9.53 Å². The number of hydrogen-bond acceptors (Lipinski definition) is 5. The molecule has 0 radical (unpaired) electrons. The van der Waals surface area contributed by atoms with E-state index in [1.165, 1.54) is 0 Å². The highest BCUT2D eigenvalue weighted by molar-refractivity contribution is 5.79. The van der Waals surface area contributed by atoms with Gasteiger partial charge >= 0.3 is 0 Å². The number of amides is 1. The van der Waals surface area contributed by atoms with Crippen LogP contribution in [0, 0.1) is 12.8 Å². The number of nitrogens with one attached hydrogen (secondary N) is 1. The molecule has 0 aliphatic carbocycles. The zero-order valence-electron chi connectivity index (χ0n) is 14.3. The highest BCUT2D eigenvalue weighted by Crippen LogP contribution is 2.25. The van der Waals surface area contributed by atoms with Crippen LogP contribution in [-0.2, 0) is 22.5 Å². The third-order valence-corrected chi connectivity index (χ3v) is 4.57. The van der Waals surface area contributed by atoms with Crippen molar-refractivity contribution in [2.75, 3.05) is 25.1 Å². The predicted molar refractivity (Wildman–Crippen MR) is 88.2 cm³/mol. The molecule has 6 heteroatoms. The topological polar surface area (TPSA) is 67.4 Å². The lowest BCUT2D eigenvalue weighted by Crippen LogP contribution is -2.42. The van der Waals surface area contributed by atoms with Crippen LogP contribution in [0.4, 0.5) is 5.95 Å². The lowest BCUT2D eigenvalue weighted by Gasteiger charge is -2.33. The fourth-order valence-corrected chi connectivity index (χ4v) is 3.29. The first kappa shape index (κ1) is 16.2. The summed E-state index contributed by atoms with van der Waals surface area (Å²) in [4.78, 5) is 23.9. The molecule has 0 saturated carbocycles. The van der Waals surface area contributed by atoms with Crippen molar-refractivity contribution >= 4 is 11.9 Å². The minimum absolute atomic E-state index is 0.119. The van der Waals surface area contributed by atoms with Crippen molar-refractivity contribution in [3.8, 4) is 0 Å².